The fourth-order valence-corrected chi connectivity index (χ4v) is 4.67. The second kappa shape index (κ2) is 9.57. The summed E-state index contributed by atoms with van der Waals surface area (Å²) in [5.74, 6) is -0.00491. The zero-order chi connectivity index (χ0) is 21.7. The van der Waals surface area contributed by atoms with Crippen LogP contribution < -0.4 is 10.0 Å². The zero-order valence-electron chi connectivity index (χ0n) is 17.3. The number of rotatable bonds is 7. The minimum atomic E-state index is -3.82. The number of amides is 1. The molecule has 2 aromatic carbocycles. The molecule has 2 atom stereocenters. The van der Waals surface area contributed by atoms with Gasteiger partial charge in [-0.25, -0.2) is 12.8 Å². The van der Waals surface area contributed by atoms with E-state index in [1.54, 1.807) is 0 Å². The first-order chi connectivity index (χ1) is 14.2. The van der Waals surface area contributed by atoms with Crippen molar-refractivity contribution < 1.29 is 17.6 Å². The van der Waals surface area contributed by atoms with E-state index in [0.717, 1.165) is 13.1 Å². The molecule has 0 spiro atoms. The van der Waals surface area contributed by atoms with Gasteiger partial charge in [0.15, 0.2) is 0 Å². The summed E-state index contributed by atoms with van der Waals surface area (Å²) in [6.45, 7) is 6.99. The van der Waals surface area contributed by atoms with Crippen molar-refractivity contribution in [3.63, 3.8) is 0 Å². The Morgan fingerprint density at radius 3 is 2.47 bits per heavy atom. The minimum Gasteiger partial charge on any atom is -0.350 e. The van der Waals surface area contributed by atoms with Crippen LogP contribution in [0.15, 0.2) is 53.4 Å². The molecule has 30 heavy (non-hydrogen) atoms. The predicted molar refractivity (Wildman–Crippen MR) is 115 cm³/mol. The molecule has 2 aromatic rings. The van der Waals surface area contributed by atoms with Crippen molar-refractivity contribution in [3.05, 3.63) is 59.9 Å². The summed E-state index contributed by atoms with van der Waals surface area (Å²) in [5, 5.41) is 2.93. The van der Waals surface area contributed by atoms with Gasteiger partial charge in [0, 0.05) is 30.4 Å². The van der Waals surface area contributed by atoms with Gasteiger partial charge in [-0.2, -0.15) is 0 Å². The van der Waals surface area contributed by atoms with E-state index < -0.39 is 15.8 Å². The summed E-state index contributed by atoms with van der Waals surface area (Å²) in [4.78, 5) is 14.9. The summed E-state index contributed by atoms with van der Waals surface area (Å²) < 4.78 is 40.3. The van der Waals surface area contributed by atoms with Gasteiger partial charge in [-0.05, 0) is 80.8 Å². The molecule has 1 fully saturated rings. The average molecular weight is 434 g/mol. The third-order valence-electron chi connectivity index (χ3n) is 5.39. The summed E-state index contributed by atoms with van der Waals surface area (Å²) >= 11 is 0. The molecular formula is C22H28FN3O3S. The highest BCUT2D eigenvalue weighted by atomic mass is 32.2. The lowest BCUT2D eigenvalue weighted by molar-refractivity contribution is 0.0917. The van der Waals surface area contributed by atoms with E-state index in [1.165, 1.54) is 61.4 Å². The lowest BCUT2D eigenvalue weighted by Crippen LogP contribution is -2.46. The highest BCUT2D eigenvalue weighted by Crippen LogP contribution is 2.18. The molecule has 0 aromatic heterocycles. The maximum absolute atomic E-state index is 13.0. The van der Waals surface area contributed by atoms with E-state index in [2.05, 4.69) is 28.8 Å². The summed E-state index contributed by atoms with van der Waals surface area (Å²) in [6, 6.07) is 11.0. The number of benzene rings is 2. The Morgan fingerprint density at radius 2 is 1.83 bits per heavy atom. The van der Waals surface area contributed by atoms with Crippen molar-refractivity contribution in [2.45, 2.75) is 37.6 Å². The first-order valence-electron chi connectivity index (χ1n) is 10.2. The SMILES string of the molecule is CC1CCCN(C(C)CNC(=O)c2ccc(S(=O)(=O)Nc3ccc(F)cc3)cc2)C1. The van der Waals surface area contributed by atoms with Crippen LogP contribution in [0.1, 0.15) is 37.0 Å². The molecule has 1 saturated heterocycles. The van der Waals surface area contributed by atoms with Gasteiger partial charge in [0.25, 0.3) is 15.9 Å². The number of nitrogens with one attached hydrogen (secondary N) is 2. The summed E-state index contributed by atoms with van der Waals surface area (Å²) in [7, 11) is -3.82. The third kappa shape index (κ3) is 5.79. The number of hydrogen-bond donors (Lipinski definition) is 2. The Labute approximate surface area is 177 Å². The molecule has 1 aliphatic rings. The first kappa shape index (κ1) is 22.2. The predicted octanol–water partition coefficient (Wildman–Crippen LogP) is 3.48. The zero-order valence-corrected chi connectivity index (χ0v) is 18.1. The lowest BCUT2D eigenvalue weighted by Gasteiger charge is -2.35. The molecule has 8 heteroatoms. The second-order valence-corrected chi connectivity index (χ2v) is 9.62. The molecule has 0 radical (unpaired) electrons. The van der Waals surface area contributed by atoms with Crippen LogP contribution >= 0.6 is 0 Å². The van der Waals surface area contributed by atoms with Gasteiger partial charge in [-0.3, -0.25) is 14.4 Å². The van der Waals surface area contributed by atoms with Crippen molar-refractivity contribution in [2.75, 3.05) is 24.4 Å². The van der Waals surface area contributed by atoms with E-state index in [4.69, 9.17) is 0 Å². The van der Waals surface area contributed by atoms with Crippen molar-refractivity contribution in [3.8, 4) is 0 Å². The maximum atomic E-state index is 13.0. The molecule has 6 nitrogen and oxygen atoms in total. The Kier molecular flexibility index (Phi) is 7.10. The van der Waals surface area contributed by atoms with Gasteiger partial charge in [0.1, 0.15) is 5.82 Å². The van der Waals surface area contributed by atoms with Crippen LogP contribution in [0.4, 0.5) is 10.1 Å². The number of carbonyl (C=O) groups excluding carboxylic acids is 1. The van der Waals surface area contributed by atoms with E-state index in [0.29, 0.717) is 18.0 Å². The fourth-order valence-electron chi connectivity index (χ4n) is 3.62. The summed E-state index contributed by atoms with van der Waals surface area (Å²) in [5.41, 5.74) is 0.661. The van der Waals surface area contributed by atoms with Gasteiger partial charge in [0.05, 0.1) is 4.90 Å². The van der Waals surface area contributed by atoms with Crippen LogP contribution in [0.5, 0.6) is 0 Å². The van der Waals surface area contributed by atoms with Crippen LogP contribution in [0, 0.1) is 11.7 Å². The Bertz CT molecular complexity index is 962. The van der Waals surface area contributed by atoms with Crippen molar-refractivity contribution in [2.24, 2.45) is 5.92 Å². The van der Waals surface area contributed by atoms with E-state index in [-0.39, 0.29) is 22.5 Å². The van der Waals surface area contributed by atoms with Crippen molar-refractivity contribution >= 4 is 21.6 Å². The standard InChI is InChI=1S/C22H28FN3O3S/c1-16-4-3-13-26(15-16)17(2)14-24-22(27)18-5-11-21(12-6-18)30(28,29)25-20-9-7-19(23)8-10-20/h5-12,16-17,25H,3-4,13-15H2,1-2H3,(H,24,27). The Hall–Kier alpha value is -2.45. The lowest BCUT2D eigenvalue weighted by atomic mass is 9.99. The second-order valence-electron chi connectivity index (χ2n) is 7.94. The quantitative estimate of drug-likeness (QED) is 0.701. The number of sulfonamides is 1. The van der Waals surface area contributed by atoms with Crippen LogP contribution in [0.3, 0.4) is 0 Å². The topological polar surface area (TPSA) is 78.5 Å². The molecule has 1 amide bonds. The van der Waals surface area contributed by atoms with Gasteiger partial charge in [-0.1, -0.05) is 6.92 Å². The number of hydrogen-bond acceptors (Lipinski definition) is 4. The molecule has 2 unspecified atom stereocenters. The third-order valence-corrected chi connectivity index (χ3v) is 6.79. The summed E-state index contributed by atoms with van der Waals surface area (Å²) in [6.07, 6.45) is 2.43. The highest BCUT2D eigenvalue weighted by molar-refractivity contribution is 7.92. The van der Waals surface area contributed by atoms with Crippen LogP contribution in [0.2, 0.25) is 0 Å². The van der Waals surface area contributed by atoms with E-state index >= 15 is 0 Å². The normalized spacial score (nSPS) is 18.6. The van der Waals surface area contributed by atoms with Gasteiger partial charge < -0.3 is 5.32 Å². The largest absolute Gasteiger partial charge is 0.350 e. The molecule has 0 aliphatic carbocycles. The van der Waals surface area contributed by atoms with Gasteiger partial charge in [0.2, 0.25) is 0 Å². The number of carbonyl (C=O) groups is 1. The highest BCUT2D eigenvalue weighted by Gasteiger charge is 2.21. The number of nitrogens with zero attached hydrogens (tertiary/aromatic N) is 1. The average Bonchev–Trinajstić information content (AvgIpc) is 2.73. The monoisotopic (exact) mass is 433 g/mol. The Balaban J connectivity index is 1.57. The molecule has 162 valence electrons. The number of likely N-dealkylation sites (tertiary alicyclic amines) is 1. The number of piperidine rings is 1. The smallest absolute Gasteiger partial charge is 0.261 e. The van der Waals surface area contributed by atoms with Crippen molar-refractivity contribution in [1.29, 1.82) is 0 Å². The fraction of sp³-hybridized carbons (Fsp3) is 0.409. The molecule has 2 N–H and O–H groups in total. The Morgan fingerprint density at radius 1 is 1.17 bits per heavy atom. The molecule has 0 bridgehead atoms. The minimum absolute atomic E-state index is 0.0269. The van der Waals surface area contributed by atoms with E-state index in [9.17, 15) is 17.6 Å². The molecule has 3 rings (SSSR count). The van der Waals surface area contributed by atoms with Gasteiger partial charge >= 0.3 is 0 Å². The van der Waals surface area contributed by atoms with Crippen LogP contribution in [-0.4, -0.2) is 44.9 Å². The molecular weight excluding hydrogens is 405 g/mol. The van der Waals surface area contributed by atoms with Crippen molar-refractivity contribution in [1.82, 2.24) is 10.2 Å². The first-order valence-corrected chi connectivity index (χ1v) is 11.6. The number of halogens is 1. The maximum Gasteiger partial charge on any atom is 0.261 e. The van der Waals surface area contributed by atoms with Crippen LogP contribution in [0.25, 0.3) is 0 Å². The van der Waals surface area contributed by atoms with E-state index in [1.807, 2.05) is 0 Å². The van der Waals surface area contributed by atoms with Crippen LogP contribution in [-0.2, 0) is 10.0 Å². The molecule has 1 heterocycles. The molecule has 1 aliphatic heterocycles. The van der Waals surface area contributed by atoms with Gasteiger partial charge in [-0.15, -0.1) is 0 Å². The molecule has 0 saturated carbocycles. The number of anilines is 1.